The van der Waals surface area contributed by atoms with Crippen LogP contribution in [0.15, 0.2) is 0 Å². The Kier molecular flexibility index (Phi) is 3.62. The summed E-state index contributed by atoms with van der Waals surface area (Å²) < 4.78 is 5.54. The number of hydrogen-bond acceptors (Lipinski definition) is 4. The second kappa shape index (κ2) is 4.62. The minimum atomic E-state index is -0.337. The maximum atomic E-state index is 5.85. The average Bonchev–Trinajstić information content (AvgIpc) is 2.22. The molecule has 1 atom stereocenters. The summed E-state index contributed by atoms with van der Waals surface area (Å²) in [6.07, 6.45) is 4.94. The van der Waals surface area contributed by atoms with Crippen molar-refractivity contribution >= 4 is 5.82 Å². The maximum Gasteiger partial charge on any atom is 0.223 e. The van der Waals surface area contributed by atoms with E-state index >= 15 is 0 Å². The third kappa shape index (κ3) is 3.10. The summed E-state index contributed by atoms with van der Waals surface area (Å²) in [6.45, 7) is 9.66. The Morgan fingerprint density at radius 1 is 1.35 bits per heavy atom. The van der Waals surface area contributed by atoms with Crippen LogP contribution in [0.1, 0.15) is 39.1 Å². The van der Waals surface area contributed by atoms with Gasteiger partial charge in [-0.15, -0.1) is 6.42 Å². The van der Waals surface area contributed by atoms with E-state index in [1.165, 1.54) is 0 Å². The molecule has 1 aromatic heterocycles. The Balaban J connectivity index is 3.22. The third-order valence-corrected chi connectivity index (χ3v) is 2.33. The zero-order chi connectivity index (χ0) is 13.2. The number of ether oxygens (including phenoxy) is 1. The highest BCUT2D eigenvalue weighted by Gasteiger charge is 2.21. The van der Waals surface area contributed by atoms with E-state index in [0.717, 1.165) is 5.56 Å². The molecular weight excluding hydrogens is 214 g/mol. The Bertz CT molecular complexity index is 455. The van der Waals surface area contributed by atoms with Crippen LogP contribution in [0.25, 0.3) is 0 Å². The average molecular weight is 233 g/mol. The molecule has 0 saturated carbocycles. The second-order valence-electron chi connectivity index (χ2n) is 5.04. The molecule has 0 spiro atoms. The standard InChI is InChI=1S/C13H19N3O/c1-7-8(2)17-11-9(3)10(14)15-12(16-11)13(4,5)6/h1,8H,2-6H3,(H2,14,15,16). The fraction of sp³-hybridized carbons (Fsp3) is 0.538. The highest BCUT2D eigenvalue weighted by molar-refractivity contribution is 5.45. The van der Waals surface area contributed by atoms with Gasteiger partial charge in [0, 0.05) is 5.41 Å². The predicted octanol–water partition coefficient (Wildman–Crippen LogP) is 2.07. The van der Waals surface area contributed by atoms with Gasteiger partial charge in [0.15, 0.2) is 6.10 Å². The molecule has 0 amide bonds. The highest BCUT2D eigenvalue weighted by atomic mass is 16.5. The SMILES string of the molecule is C#CC(C)Oc1nc(C(C)(C)C)nc(N)c1C. The molecular formula is C13H19N3O. The van der Waals surface area contributed by atoms with Crippen molar-refractivity contribution in [3.05, 3.63) is 11.4 Å². The number of nitrogen functional groups attached to an aromatic ring is 1. The van der Waals surface area contributed by atoms with Gasteiger partial charge in [0.05, 0.1) is 5.56 Å². The van der Waals surface area contributed by atoms with E-state index in [2.05, 4.69) is 15.9 Å². The van der Waals surface area contributed by atoms with Crippen molar-refractivity contribution in [3.8, 4) is 18.2 Å². The fourth-order valence-electron chi connectivity index (χ4n) is 1.16. The van der Waals surface area contributed by atoms with Crippen LogP contribution in [0.3, 0.4) is 0 Å². The first kappa shape index (κ1) is 13.3. The molecule has 0 saturated heterocycles. The van der Waals surface area contributed by atoms with Gasteiger partial charge in [-0.2, -0.15) is 4.98 Å². The van der Waals surface area contributed by atoms with E-state index in [-0.39, 0.29) is 11.5 Å². The lowest BCUT2D eigenvalue weighted by Crippen LogP contribution is -2.20. The van der Waals surface area contributed by atoms with E-state index in [4.69, 9.17) is 16.9 Å². The Morgan fingerprint density at radius 3 is 2.41 bits per heavy atom. The number of aromatic nitrogens is 2. The lowest BCUT2D eigenvalue weighted by molar-refractivity contribution is 0.263. The van der Waals surface area contributed by atoms with Crippen LogP contribution < -0.4 is 10.5 Å². The van der Waals surface area contributed by atoms with Crippen molar-refractivity contribution < 1.29 is 4.74 Å². The maximum absolute atomic E-state index is 5.85. The van der Waals surface area contributed by atoms with Crippen LogP contribution in [0, 0.1) is 19.3 Å². The molecule has 2 N–H and O–H groups in total. The summed E-state index contributed by atoms with van der Waals surface area (Å²) in [5, 5.41) is 0. The molecule has 0 bridgehead atoms. The summed E-state index contributed by atoms with van der Waals surface area (Å²) in [4.78, 5) is 8.66. The van der Waals surface area contributed by atoms with Crippen molar-refractivity contribution in [2.75, 3.05) is 5.73 Å². The molecule has 0 aromatic carbocycles. The van der Waals surface area contributed by atoms with Gasteiger partial charge < -0.3 is 10.5 Å². The van der Waals surface area contributed by atoms with Gasteiger partial charge in [-0.1, -0.05) is 26.7 Å². The predicted molar refractivity (Wildman–Crippen MR) is 68.8 cm³/mol. The number of anilines is 1. The monoisotopic (exact) mass is 233 g/mol. The molecule has 1 aromatic rings. The van der Waals surface area contributed by atoms with E-state index in [0.29, 0.717) is 17.5 Å². The van der Waals surface area contributed by atoms with Crippen molar-refractivity contribution in [2.45, 2.75) is 46.1 Å². The number of nitrogens with zero attached hydrogens (tertiary/aromatic N) is 2. The van der Waals surface area contributed by atoms with Gasteiger partial charge in [0.25, 0.3) is 0 Å². The Morgan fingerprint density at radius 2 is 1.94 bits per heavy atom. The van der Waals surface area contributed by atoms with Gasteiger partial charge in [-0.05, 0) is 13.8 Å². The first-order valence-corrected chi connectivity index (χ1v) is 5.53. The minimum Gasteiger partial charge on any atom is -0.461 e. The summed E-state index contributed by atoms with van der Waals surface area (Å²) in [6, 6.07) is 0. The first-order chi connectivity index (χ1) is 7.75. The van der Waals surface area contributed by atoms with E-state index in [1.807, 2.05) is 27.7 Å². The summed E-state index contributed by atoms with van der Waals surface area (Å²) in [5.41, 5.74) is 6.39. The van der Waals surface area contributed by atoms with Gasteiger partial charge in [0.2, 0.25) is 5.88 Å². The van der Waals surface area contributed by atoms with E-state index in [1.54, 1.807) is 6.92 Å². The van der Waals surface area contributed by atoms with Crippen LogP contribution in [0.4, 0.5) is 5.82 Å². The Hall–Kier alpha value is -1.76. The molecule has 92 valence electrons. The van der Waals surface area contributed by atoms with E-state index < -0.39 is 0 Å². The van der Waals surface area contributed by atoms with Crippen molar-refractivity contribution in [1.29, 1.82) is 0 Å². The third-order valence-electron chi connectivity index (χ3n) is 2.33. The minimum absolute atomic E-state index is 0.181. The zero-order valence-electron chi connectivity index (χ0n) is 11.0. The van der Waals surface area contributed by atoms with E-state index in [9.17, 15) is 0 Å². The quantitative estimate of drug-likeness (QED) is 0.794. The van der Waals surface area contributed by atoms with Gasteiger partial charge in [-0.3, -0.25) is 0 Å². The lowest BCUT2D eigenvalue weighted by Gasteiger charge is -2.20. The van der Waals surface area contributed by atoms with Crippen molar-refractivity contribution in [1.82, 2.24) is 9.97 Å². The topological polar surface area (TPSA) is 61.0 Å². The summed E-state index contributed by atoms with van der Waals surface area (Å²) in [7, 11) is 0. The molecule has 0 radical (unpaired) electrons. The molecule has 0 aliphatic carbocycles. The van der Waals surface area contributed by atoms with Crippen molar-refractivity contribution in [3.63, 3.8) is 0 Å². The molecule has 0 fully saturated rings. The summed E-state index contributed by atoms with van der Waals surface area (Å²) in [5.74, 6) is 4.05. The fourth-order valence-corrected chi connectivity index (χ4v) is 1.16. The molecule has 4 heteroatoms. The largest absolute Gasteiger partial charge is 0.461 e. The Labute approximate surface area is 103 Å². The van der Waals surface area contributed by atoms with Crippen molar-refractivity contribution in [2.24, 2.45) is 0 Å². The molecule has 17 heavy (non-hydrogen) atoms. The van der Waals surface area contributed by atoms with Crippen LogP contribution in [0.5, 0.6) is 5.88 Å². The second-order valence-corrected chi connectivity index (χ2v) is 5.04. The van der Waals surface area contributed by atoms with Gasteiger partial charge >= 0.3 is 0 Å². The molecule has 0 aliphatic heterocycles. The van der Waals surface area contributed by atoms with Crippen LogP contribution in [-0.2, 0) is 5.41 Å². The van der Waals surface area contributed by atoms with Gasteiger partial charge in [-0.25, -0.2) is 4.98 Å². The van der Waals surface area contributed by atoms with Crippen LogP contribution >= 0.6 is 0 Å². The van der Waals surface area contributed by atoms with Gasteiger partial charge in [0.1, 0.15) is 11.6 Å². The molecule has 1 unspecified atom stereocenters. The number of rotatable bonds is 2. The van der Waals surface area contributed by atoms with Crippen LogP contribution in [-0.4, -0.2) is 16.1 Å². The molecule has 0 aliphatic rings. The summed E-state index contributed by atoms with van der Waals surface area (Å²) >= 11 is 0. The molecule has 1 heterocycles. The smallest absolute Gasteiger partial charge is 0.223 e. The lowest BCUT2D eigenvalue weighted by atomic mass is 9.95. The molecule has 1 rings (SSSR count). The molecule has 4 nitrogen and oxygen atoms in total. The number of nitrogens with two attached hydrogens (primary N) is 1. The number of terminal acetylenes is 1. The normalized spacial score (nSPS) is 12.9. The number of hydrogen-bond donors (Lipinski definition) is 1. The first-order valence-electron chi connectivity index (χ1n) is 5.53. The van der Waals surface area contributed by atoms with Crippen LogP contribution in [0.2, 0.25) is 0 Å². The zero-order valence-corrected chi connectivity index (χ0v) is 11.0. The highest BCUT2D eigenvalue weighted by Crippen LogP contribution is 2.26.